The number of nitrogens with zero attached hydrogens (tertiary/aromatic N) is 4. The number of H-pyrrole nitrogens is 1. The first-order valence-corrected chi connectivity index (χ1v) is 9.12. The minimum atomic E-state index is 0.375. The molecular formula is C21H21N5. The topological polar surface area (TPSA) is 49.7 Å². The van der Waals surface area contributed by atoms with E-state index >= 15 is 0 Å². The van der Waals surface area contributed by atoms with Crippen LogP contribution in [0.4, 0.5) is 0 Å². The van der Waals surface area contributed by atoms with Gasteiger partial charge in [-0.15, -0.1) is 0 Å². The third-order valence-corrected chi connectivity index (χ3v) is 5.23. The summed E-state index contributed by atoms with van der Waals surface area (Å²) in [6.07, 6.45) is 9.89. The van der Waals surface area contributed by atoms with Crippen molar-refractivity contribution in [3.8, 4) is 5.82 Å². The van der Waals surface area contributed by atoms with E-state index in [1.807, 2.05) is 23.0 Å². The van der Waals surface area contributed by atoms with Crippen LogP contribution in [0, 0.1) is 0 Å². The molecule has 0 aliphatic carbocycles. The maximum absolute atomic E-state index is 4.91. The lowest BCUT2D eigenvalue weighted by Crippen LogP contribution is -2.23. The highest BCUT2D eigenvalue weighted by atomic mass is 15.2. The summed E-state index contributed by atoms with van der Waals surface area (Å²) in [7, 11) is 0. The van der Waals surface area contributed by atoms with Crippen molar-refractivity contribution in [1.82, 2.24) is 24.4 Å². The molecule has 1 aliphatic heterocycles. The molecular weight excluding hydrogens is 322 g/mol. The molecule has 130 valence electrons. The smallest absolute Gasteiger partial charge is 0.138 e. The van der Waals surface area contributed by atoms with Gasteiger partial charge in [-0.25, -0.2) is 9.97 Å². The van der Waals surface area contributed by atoms with Gasteiger partial charge >= 0.3 is 0 Å². The quantitative estimate of drug-likeness (QED) is 0.607. The molecule has 0 amide bonds. The molecule has 5 rings (SSSR count). The molecule has 1 N–H and O–H groups in total. The second kappa shape index (κ2) is 6.42. The molecule has 5 nitrogen and oxygen atoms in total. The highest BCUT2D eigenvalue weighted by Gasteiger charge is 2.27. The second-order valence-corrected chi connectivity index (χ2v) is 6.92. The van der Waals surface area contributed by atoms with E-state index in [1.165, 1.54) is 22.9 Å². The standard InChI is InChI=1S/C21H21N5/c1-3-19(24-21(5-1)26-12-10-22-15-26)20-4-2-11-25(20)14-16-6-7-18-17(13-16)8-9-23-18/h1,3,5-10,12-13,15,20,23H,2,4,11,14H2/t20-/m1/s1. The summed E-state index contributed by atoms with van der Waals surface area (Å²) in [6, 6.07) is 15.5. The predicted octanol–water partition coefficient (Wildman–Crippen LogP) is 4.09. The summed E-state index contributed by atoms with van der Waals surface area (Å²) >= 11 is 0. The molecule has 1 aromatic carbocycles. The summed E-state index contributed by atoms with van der Waals surface area (Å²) in [5.41, 5.74) is 3.70. The molecule has 0 bridgehead atoms. The molecule has 0 spiro atoms. The van der Waals surface area contributed by atoms with E-state index in [2.05, 4.69) is 51.3 Å². The van der Waals surface area contributed by atoms with Crippen LogP contribution in [-0.4, -0.2) is 31.0 Å². The second-order valence-electron chi connectivity index (χ2n) is 6.92. The van der Waals surface area contributed by atoms with Gasteiger partial charge in [0.25, 0.3) is 0 Å². The van der Waals surface area contributed by atoms with Gasteiger partial charge < -0.3 is 4.98 Å². The van der Waals surface area contributed by atoms with Gasteiger partial charge in [-0.3, -0.25) is 9.47 Å². The number of benzene rings is 1. The Balaban J connectivity index is 1.41. The van der Waals surface area contributed by atoms with Crippen LogP contribution >= 0.6 is 0 Å². The first-order valence-electron chi connectivity index (χ1n) is 9.12. The van der Waals surface area contributed by atoms with Gasteiger partial charge in [-0.1, -0.05) is 12.1 Å². The van der Waals surface area contributed by atoms with E-state index < -0.39 is 0 Å². The summed E-state index contributed by atoms with van der Waals surface area (Å²) in [6.45, 7) is 2.08. The Kier molecular flexibility index (Phi) is 3.79. The SMILES string of the molecule is c1cc([C@H]2CCCN2Cc2ccc3[nH]ccc3c2)nc(-n2ccnc2)c1. The van der Waals surface area contributed by atoms with Crippen LogP contribution in [0.1, 0.15) is 30.1 Å². The van der Waals surface area contributed by atoms with E-state index in [1.54, 1.807) is 12.5 Å². The largest absolute Gasteiger partial charge is 0.361 e. The lowest BCUT2D eigenvalue weighted by atomic mass is 10.1. The summed E-state index contributed by atoms with van der Waals surface area (Å²) in [5, 5.41) is 1.28. The lowest BCUT2D eigenvalue weighted by Gasteiger charge is -2.24. The minimum absolute atomic E-state index is 0.375. The number of aromatic amines is 1. The van der Waals surface area contributed by atoms with Crippen molar-refractivity contribution in [2.75, 3.05) is 6.54 Å². The van der Waals surface area contributed by atoms with Crippen LogP contribution in [0.2, 0.25) is 0 Å². The van der Waals surface area contributed by atoms with E-state index in [0.717, 1.165) is 31.0 Å². The van der Waals surface area contributed by atoms with Crippen molar-refractivity contribution in [3.63, 3.8) is 0 Å². The zero-order valence-corrected chi connectivity index (χ0v) is 14.5. The Morgan fingerprint density at radius 1 is 1.15 bits per heavy atom. The van der Waals surface area contributed by atoms with Gasteiger partial charge in [0.1, 0.15) is 12.1 Å². The Bertz CT molecular complexity index is 1020. The van der Waals surface area contributed by atoms with E-state index in [0.29, 0.717) is 6.04 Å². The van der Waals surface area contributed by atoms with Crippen LogP contribution in [-0.2, 0) is 6.54 Å². The van der Waals surface area contributed by atoms with Crippen LogP contribution < -0.4 is 0 Å². The number of pyridine rings is 1. The number of aromatic nitrogens is 4. The molecule has 5 heteroatoms. The fraction of sp³-hybridized carbons (Fsp3) is 0.238. The van der Waals surface area contributed by atoms with Gasteiger partial charge in [0.2, 0.25) is 0 Å². The first-order chi connectivity index (χ1) is 12.9. The number of hydrogen-bond donors (Lipinski definition) is 1. The maximum Gasteiger partial charge on any atom is 0.138 e. The summed E-state index contributed by atoms with van der Waals surface area (Å²) in [4.78, 5) is 14.8. The maximum atomic E-state index is 4.91. The molecule has 1 atom stereocenters. The highest BCUT2D eigenvalue weighted by molar-refractivity contribution is 5.79. The van der Waals surface area contributed by atoms with Gasteiger partial charge in [-0.05, 0) is 60.7 Å². The van der Waals surface area contributed by atoms with E-state index in [9.17, 15) is 0 Å². The third-order valence-electron chi connectivity index (χ3n) is 5.23. The highest BCUT2D eigenvalue weighted by Crippen LogP contribution is 2.32. The summed E-state index contributed by atoms with van der Waals surface area (Å²) in [5.74, 6) is 0.931. The molecule has 4 aromatic rings. The Morgan fingerprint density at radius 2 is 2.15 bits per heavy atom. The fourth-order valence-electron chi connectivity index (χ4n) is 3.95. The predicted molar refractivity (Wildman–Crippen MR) is 102 cm³/mol. The van der Waals surface area contributed by atoms with Crippen LogP contribution in [0.15, 0.2) is 67.4 Å². The molecule has 1 aliphatic rings. The third kappa shape index (κ3) is 2.80. The number of imidazole rings is 1. The van der Waals surface area contributed by atoms with Crippen molar-refractivity contribution < 1.29 is 0 Å². The van der Waals surface area contributed by atoms with Gasteiger partial charge in [-0.2, -0.15) is 0 Å². The molecule has 4 heterocycles. The monoisotopic (exact) mass is 343 g/mol. The number of likely N-dealkylation sites (tertiary alicyclic amines) is 1. The molecule has 0 unspecified atom stereocenters. The lowest BCUT2D eigenvalue weighted by molar-refractivity contribution is 0.244. The molecule has 1 fully saturated rings. The average molecular weight is 343 g/mol. The van der Waals surface area contributed by atoms with Crippen molar-refractivity contribution >= 4 is 10.9 Å². The zero-order chi connectivity index (χ0) is 17.3. The number of nitrogens with one attached hydrogen (secondary N) is 1. The Morgan fingerprint density at radius 3 is 3.08 bits per heavy atom. The molecule has 1 saturated heterocycles. The number of fused-ring (bicyclic) bond motifs is 1. The Labute approximate surface area is 152 Å². The zero-order valence-electron chi connectivity index (χ0n) is 14.5. The van der Waals surface area contributed by atoms with Crippen LogP contribution in [0.25, 0.3) is 16.7 Å². The van der Waals surface area contributed by atoms with Crippen LogP contribution in [0.5, 0.6) is 0 Å². The molecule has 0 saturated carbocycles. The van der Waals surface area contributed by atoms with Crippen LogP contribution in [0.3, 0.4) is 0 Å². The van der Waals surface area contributed by atoms with Gasteiger partial charge in [0.15, 0.2) is 0 Å². The number of rotatable bonds is 4. The molecule has 26 heavy (non-hydrogen) atoms. The summed E-state index contributed by atoms with van der Waals surface area (Å²) < 4.78 is 1.96. The van der Waals surface area contributed by atoms with Crippen molar-refractivity contribution in [2.45, 2.75) is 25.4 Å². The molecule has 0 radical (unpaired) electrons. The Hall–Kier alpha value is -2.92. The molecule has 3 aromatic heterocycles. The van der Waals surface area contributed by atoms with E-state index in [4.69, 9.17) is 4.98 Å². The van der Waals surface area contributed by atoms with Crippen molar-refractivity contribution in [1.29, 1.82) is 0 Å². The van der Waals surface area contributed by atoms with Gasteiger partial charge in [0, 0.05) is 30.7 Å². The van der Waals surface area contributed by atoms with Crippen molar-refractivity contribution in [3.05, 3.63) is 78.6 Å². The van der Waals surface area contributed by atoms with E-state index in [-0.39, 0.29) is 0 Å². The first kappa shape index (κ1) is 15.3. The normalized spacial score (nSPS) is 17.9. The van der Waals surface area contributed by atoms with Crippen molar-refractivity contribution in [2.24, 2.45) is 0 Å². The fourth-order valence-corrected chi connectivity index (χ4v) is 3.95. The average Bonchev–Trinajstić information content (AvgIpc) is 3.43. The number of hydrogen-bond acceptors (Lipinski definition) is 3. The minimum Gasteiger partial charge on any atom is -0.361 e. The van der Waals surface area contributed by atoms with Gasteiger partial charge in [0.05, 0.1) is 11.7 Å².